The van der Waals surface area contributed by atoms with Crippen LogP contribution in [-0.2, 0) is 11.3 Å². The highest BCUT2D eigenvalue weighted by Gasteiger charge is 2.19. The lowest BCUT2D eigenvalue weighted by molar-refractivity contribution is -0.385. The summed E-state index contributed by atoms with van der Waals surface area (Å²) in [6.07, 6.45) is 1.38. The minimum Gasteiger partial charge on any atom is -0.477 e. The van der Waals surface area contributed by atoms with Crippen molar-refractivity contribution in [1.29, 1.82) is 0 Å². The highest BCUT2D eigenvalue weighted by atomic mass is 35.5. The van der Waals surface area contributed by atoms with Crippen LogP contribution in [0.5, 0.6) is 0 Å². The number of carbonyl (C=O) groups is 1. The quantitative estimate of drug-likeness (QED) is 0.126. The second-order valence-electron chi connectivity index (χ2n) is 7.43. The van der Waals surface area contributed by atoms with E-state index in [0.29, 0.717) is 39.4 Å². The number of thioether (sulfide) groups is 1. The van der Waals surface area contributed by atoms with E-state index in [1.54, 1.807) is 43.3 Å². The van der Waals surface area contributed by atoms with Crippen molar-refractivity contribution in [1.82, 2.24) is 14.8 Å². The number of aromatic nitrogens is 3. The fraction of sp³-hybridized carbons (Fsp3) is 0.125. The fourth-order valence-corrected chi connectivity index (χ4v) is 4.36. The third kappa shape index (κ3) is 5.28. The van der Waals surface area contributed by atoms with E-state index in [0.717, 1.165) is 17.3 Å². The number of nitro groups is 1. The van der Waals surface area contributed by atoms with Gasteiger partial charge in [-0.2, -0.15) is 0 Å². The first-order chi connectivity index (χ1) is 16.8. The molecule has 0 bridgehead atoms. The van der Waals surface area contributed by atoms with Gasteiger partial charge in [-0.1, -0.05) is 23.7 Å². The first-order valence-electron chi connectivity index (χ1n) is 10.4. The maximum absolute atomic E-state index is 12.0. The van der Waals surface area contributed by atoms with Crippen molar-refractivity contribution in [3.05, 3.63) is 86.0 Å². The molecule has 0 aliphatic heterocycles. The van der Waals surface area contributed by atoms with Gasteiger partial charge in [-0.3, -0.25) is 10.1 Å². The Balaban J connectivity index is 1.63. The smallest absolute Gasteiger partial charge is 0.342 e. The minimum absolute atomic E-state index is 0.0202. The van der Waals surface area contributed by atoms with Crippen molar-refractivity contribution in [2.45, 2.75) is 25.5 Å². The molecule has 4 aromatic rings. The van der Waals surface area contributed by atoms with Gasteiger partial charge in [-0.25, -0.2) is 4.79 Å². The van der Waals surface area contributed by atoms with Crippen LogP contribution < -0.4 is 0 Å². The second kappa shape index (κ2) is 10.2. The molecule has 0 saturated carbocycles. The zero-order chi connectivity index (χ0) is 25.1. The Labute approximate surface area is 209 Å². The molecule has 0 spiro atoms. The Hall–Kier alpha value is -3.89. The standard InChI is InChI=1S/C24H19ClN4O5S/c1-3-28-22(15-6-8-17(25)9-7-15)26-27-24(28)35-21(23(30)31)13-18-10-11-20(34-18)16-5-4-14(2)19(12-16)29(32)33/h4-13H,3H2,1-2H3,(H,30,31)/b21-13-. The number of hydrogen-bond donors (Lipinski definition) is 1. The molecule has 35 heavy (non-hydrogen) atoms. The summed E-state index contributed by atoms with van der Waals surface area (Å²) in [5.41, 5.74) is 1.84. The molecule has 2 aromatic carbocycles. The Morgan fingerprint density at radius 1 is 1.17 bits per heavy atom. The van der Waals surface area contributed by atoms with Crippen molar-refractivity contribution in [2.24, 2.45) is 0 Å². The van der Waals surface area contributed by atoms with Crippen LogP contribution >= 0.6 is 23.4 Å². The maximum atomic E-state index is 12.0. The van der Waals surface area contributed by atoms with Gasteiger partial charge in [-0.05, 0) is 62.0 Å². The van der Waals surface area contributed by atoms with Crippen LogP contribution in [0.2, 0.25) is 5.02 Å². The number of aliphatic carboxylic acids is 1. The topological polar surface area (TPSA) is 124 Å². The van der Waals surface area contributed by atoms with Crippen molar-refractivity contribution in [2.75, 3.05) is 0 Å². The van der Waals surface area contributed by atoms with Crippen LogP contribution in [0.15, 0.2) is 69.1 Å². The van der Waals surface area contributed by atoms with E-state index in [-0.39, 0.29) is 16.4 Å². The van der Waals surface area contributed by atoms with Crippen molar-refractivity contribution in [3.63, 3.8) is 0 Å². The molecule has 0 radical (unpaired) electrons. The van der Waals surface area contributed by atoms with Gasteiger partial charge in [0, 0.05) is 40.4 Å². The normalized spacial score (nSPS) is 11.6. The molecule has 0 unspecified atom stereocenters. The predicted molar refractivity (Wildman–Crippen MR) is 133 cm³/mol. The van der Waals surface area contributed by atoms with Gasteiger partial charge < -0.3 is 14.1 Å². The minimum atomic E-state index is -1.15. The Bertz CT molecular complexity index is 1440. The number of carboxylic acid groups (broad SMARTS) is 1. The molecule has 0 fully saturated rings. The molecule has 178 valence electrons. The van der Waals surface area contributed by atoms with Crippen LogP contribution in [0.3, 0.4) is 0 Å². The molecule has 0 amide bonds. The summed E-state index contributed by atoms with van der Waals surface area (Å²) in [7, 11) is 0. The Kier molecular flexibility index (Phi) is 7.04. The first-order valence-corrected chi connectivity index (χ1v) is 11.6. The van der Waals surface area contributed by atoms with E-state index in [1.807, 2.05) is 23.6 Å². The third-order valence-electron chi connectivity index (χ3n) is 5.14. The van der Waals surface area contributed by atoms with E-state index in [1.165, 1.54) is 12.1 Å². The zero-order valence-electron chi connectivity index (χ0n) is 18.6. The van der Waals surface area contributed by atoms with Crippen LogP contribution in [0.25, 0.3) is 28.8 Å². The molecule has 2 heterocycles. The summed E-state index contributed by atoms with van der Waals surface area (Å²) < 4.78 is 7.58. The number of benzene rings is 2. The molecule has 0 aliphatic carbocycles. The third-order valence-corrected chi connectivity index (χ3v) is 6.39. The van der Waals surface area contributed by atoms with Gasteiger partial charge in [0.05, 0.1) is 4.92 Å². The van der Waals surface area contributed by atoms with Crippen molar-refractivity contribution in [3.8, 4) is 22.7 Å². The summed E-state index contributed by atoms with van der Waals surface area (Å²) in [6, 6.07) is 15.2. The SMILES string of the molecule is CCn1c(S/C(=C\c2ccc(-c3ccc(C)c([N+](=O)[O-])c3)o2)C(=O)O)nnc1-c1ccc(Cl)cc1. The van der Waals surface area contributed by atoms with Crippen LogP contribution in [0, 0.1) is 17.0 Å². The van der Waals surface area contributed by atoms with Gasteiger partial charge in [0.25, 0.3) is 5.69 Å². The molecule has 0 aliphatic rings. The van der Waals surface area contributed by atoms with Gasteiger partial charge in [0.1, 0.15) is 16.4 Å². The zero-order valence-corrected chi connectivity index (χ0v) is 20.2. The molecular weight excluding hydrogens is 492 g/mol. The number of halogens is 1. The van der Waals surface area contributed by atoms with Crippen LogP contribution in [0.4, 0.5) is 5.69 Å². The average Bonchev–Trinajstić information content (AvgIpc) is 3.46. The number of hydrogen-bond acceptors (Lipinski definition) is 7. The summed E-state index contributed by atoms with van der Waals surface area (Å²) in [5.74, 6) is 0.111. The maximum Gasteiger partial charge on any atom is 0.342 e. The molecule has 4 rings (SSSR count). The van der Waals surface area contributed by atoms with Crippen molar-refractivity contribution >= 4 is 41.1 Å². The summed E-state index contributed by atoms with van der Waals surface area (Å²) in [6.45, 7) is 4.09. The van der Waals surface area contributed by atoms with Crippen LogP contribution in [-0.4, -0.2) is 30.8 Å². The Morgan fingerprint density at radius 3 is 2.54 bits per heavy atom. The van der Waals surface area contributed by atoms with E-state index >= 15 is 0 Å². The molecular formula is C24H19ClN4O5S. The molecule has 2 aromatic heterocycles. The Morgan fingerprint density at radius 2 is 1.89 bits per heavy atom. The first kappa shape index (κ1) is 24.2. The van der Waals surface area contributed by atoms with Gasteiger partial charge in [-0.15, -0.1) is 10.2 Å². The highest BCUT2D eigenvalue weighted by molar-refractivity contribution is 8.04. The number of rotatable bonds is 8. The molecule has 0 saturated heterocycles. The van der Waals surface area contributed by atoms with E-state index in [2.05, 4.69) is 10.2 Å². The van der Waals surface area contributed by atoms with Gasteiger partial charge in [0.15, 0.2) is 11.0 Å². The van der Waals surface area contributed by atoms with Gasteiger partial charge >= 0.3 is 5.97 Å². The average molecular weight is 511 g/mol. The number of carboxylic acids is 1. The predicted octanol–water partition coefficient (Wildman–Crippen LogP) is 6.31. The van der Waals surface area contributed by atoms with E-state index in [9.17, 15) is 20.0 Å². The van der Waals surface area contributed by atoms with Crippen molar-refractivity contribution < 1.29 is 19.2 Å². The molecule has 0 atom stereocenters. The number of nitrogens with zero attached hydrogens (tertiary/aromatic N) is 4. The summed E-state index contributed by atoms with van der Waals surface area (Å²) in [5, 5.41) is 30.4. The van der Waals surface area contributed by atoms with E-state index in [4.69, 9.17) is 16.0 Å². The van der Waals surface area contributed by atoms with Crippen LogP contribution in [0.1, 0.15) is 18.2 Å². The van der Waals surface area contributed by atoms with E-state index < -0.39 is 10.9 Å². The fourth-order valence-electron chi connectivity index (χ4n) is 3.37. The molecule has 1 N–H and O–H groups in total. The molecule has 11 heteroatoms. The number of aryl methyl sites for hydroxylation is 1. The molecule has 9 nitrogen and oxygen atoms in total. The number of nitro benzene ring substituents is 1. The lowest BCUT2D eigenvalue weighted by Gasteiger charge is -2.07. The lowest BCUT2D eigenvalue weighted by atomic mass is 10.1. The van der Waals surface area contributed by atoms with Gasteiger partial charge in [0.2, 0.25) is 0 Å². The lowest BCUT2D eigenvalue weighted by Crippen LogP contribution is -2.02. The summed E-state index contributed by atoms with van der Waals surface area (Å²) in [4.78, 5) is 22.7. The second-order valence-corrected chi connectivity index (χ2v) is 8.88. The monoisotopic (exact) mass is 510 g/mol. The number of furan rings is 1. The highest BCUT2D eigenvalue weighted by Crippen LogP contribution is 2.33. The summed E-state index contributed by atoms with van der Waals surface area (Å²) >= 11 is 6.92. The largest absolute Gasteiger partial charge is 0.477 e.